The summed E-state index contributed by atoms with van der Waals surface area (Å²) in [5.41, 5.74) is 1.72. The molecule has 0 aromatic heterocycles. The summed E-state index contributed by atoms with van der Waals surface area (Å²) in [4.78, 5) is 27.5. The Hall–Kier alpha value is -1.96. The van der Waals surface area contributed by atoms with Gasteiger partial charge in [0.25, 0.3) is 11.8 Å². The number of aryl methyl sites for hydroxylation is 1. The van der Waals surface area contributed by atoms with Crippen LogP contribution < -0.4 is 10.6 Å². The van der Waals surface area contributed by atoms with E-state index in [4.69, 9.17) is 9.47 Å². The van der Waals surface area contributed by atoms with Gasteiger partial charge in [-0.05, 0) is 51.3 Å². The summed E-state index contributed by atoms with van der Waals surface area (Å²) in [7, 11) is 0. The van der Waals surface area contributed by atoms with Gasteiger partial charge < -0.3 is 20.1 Å². The number of amides is 2. The number of nitrogens with zero attached hydrogens (tertiary/aromatic N) is 1. The number of carbonyl (C=O) groups excluding carboxylic acids is 2. The zero-order valence-corrected chi connectivity index (χ0v) is 17.0. The Morgan fingerprint density at radius 3 is 2.64 bits per heavy atom. The summed E-state index contributed by atoms with van der Waals surface area (Å²) in [6.45, 7) is 10.6. The van der Waals surface area contributed by atoms with E-state index in [0.717, 1.165) is 51.3 Å². The van der Waals surface area contributed by atoms with Gasteiger partial charge in [0.05, 0.1) is 13.2 Å². The molecule has 3 rings (SSSR count). The van der Waals surface area contributed by atoms with Gasteiger partial charge in [-0.15, -0.1) is 0 Å². The van der Waals surface area contributed by atoms with Crippen molar-refractivity contribution in [1.82, 2.24) is 10.2 Å². The molecule has 2 heterocycles. The van der Waals surface area contributed by atoms with Crippen LogP contribution in [0, 0.1) is 6.92 Å². The third-order valence-electron chi connectivity index (χ3n) is 5.15. The highest BCUT2D eigenvalue weighted by Gasteiger charge is 2.27. The summed E-state index contributed by atoms with van der Waals surface area (Å²) in [6.07, 6.45) is 1.24. The molecule has 0 saturated carbocycles. The number of ether oxygens (including phenoxy) is 2. The van der Waals surface area contributed by atoms with Crippen molar-refractivity contribution in [2.75, 3.05) is 44.8 Å². The maximum absolute atomic E-state index is 12.8. The number of carbonyl (C=O) groups is 2. The second-order valence-electron chi connectivity index (χ2n) is 8.25. The normalized spacial score (nSPS) is 20.8. The molecule has 2 amide bonds. The van der Waals surface area contributed by atoms with E-state index in [0.29, 0.717) is 17.9 Å². The molecule has 28 heavy (non-hydrogen) atoms. The van der Waals surface area contributed by atoms with Crippen molar-refractivity contribution in [1.29, 1.82) is 0 Å². The van der Waals surface area contributed by atoms with Crippen LogP contribution in [0.25, 0.3) is 0 Å². The van der Waals surface area contributed by atoms with E-state index in [2.05, 4.69) is 15.5 Å². The van der Waals surface area contributed by atoms with Gasteiger partial charge in [-0.25, -0.2) is 0 Å². The molecule has 0 bridgehead atoms. The molecule has 1 atom stereocenters. The number of morpholine rings is 1. The predicted molar refractivity (Wildman–Crippen MR) is 108 cm³/mol. The van der Waals surface area contributed by atoms with E-state index >= 15 is 0 Å². The van der Waals surface area contributed by atoms with Gasteiger partial charge in [-0.3, -0.25) is 14.5 Å². The van der Waals surface area contributed by atoms with Gasteiger partial charge in [0.1, 0.15) is 6.10 Å². The van der Waals surface area contributed by atoms with Crippen molar-refractivity contribution in [3.05, 3.63) is 29.3 Å². The van der Waals surface area contributed by atoms with Crippen LogP contribution in [0.1, 0.15) is 42.6 Å². The molecule has 7 heteroatoms. The minimum absolute atomic E-state index is 0.147. The Morgan fingerprint density at radius 2 is 1.96 bits per heavy atom. The Labute approximate surface area is 166 Å². The molecule has 0 spiro atoms. The molecule has 1 aromatic carbocycles. The topological polar surface area (TPSA) is 79.9 Å². The van der Waals surface area contributed by atoms with Crippen molar-refractivity contribution in [2.45, 2.75) is 45.3 Å². The number of hydrogen-bond donors (Lipinski definition) is 2. The molecule has 1 aromatic rings. The van der Waals surface area contributed by atoms with Crippen LogP contribution in [0.15, 0.2) is 18.2 Å². The van der Waals surface area contributed by atoms with Gasteiger partial charge in [-0.1, -0.05) is 6.07 Å². The van der Waals surface area contributed by atoms with Crippen molar-refractivity contribution in [3.8, 4) is 0 Å². The first-order valence-electron chi connectivity index (χ1n) is 10.00. The highest BCUT2D eigenvalue weighted by Crippen LogP contribution is 2.20. The van der Waals surface area contributed by atoms with Gasteiger partial charge in [0.2, 0.25) is 0 Å². The Morgan fingerprint density at radius 1 is 1.21 bits per heavy atom. The number of anilines is 1. The number of rotatable bonds is 6. The van der Waals surface area contributed by atoms with E-state index < -0.39 is 6.10 Å². The second kappa shape index (κ2) is 9.03. The van der Waals surface area contributed by atoms with Crippen molar-refractivity contribution in [2.24, 2.45) is 0 Å². The predicted octanol–water partition coefficient (Wildman–Crippen LogP) is 1.95. The third-order valence-corrected chi connectivity index (χ3v) is 5.15. The molecule has 2 aliphatic heterocycles. The molecule has 0 aliphatic carbocycles. The molecular formula is C21H31N3O4. The van der Waals surface area contributed by atoms with Crippen molar-refractivity contribution < 1.29 is 19.1 Å². The SMILES string of the molecule is Cc1ccc(C(=O)NC(C)(C)CN2CCOCC2)cc1NC(=O)C1CCCO1. The summed E-state index contributed by atoms with van der Waals surface area (Å²) < 4.78 is 10.8. The van der Waals surface area contributed by atoms with Crippen LogP contribution >= 0.6 is 0 Å². The Balaban J connectivity index is 1.63. The number of hydrogen-bond acceptors (Lipinski definition) is 5. The zero-order valence-electron chi connectivity index (χ0n) is 17.0. The van der Waals surface area contributed by atoms with Crippen LogP contribution in [0.5, 0.6) is 0 Å². The molecule has 2 aliphatic rings. The monoisotopic (exact) mass is 389 g/mol. The van der Waals surface area contributed by atoms with Crippen LogP contribution in [-0.4, -0.2) is 67.8 Å². The van der Waals surface area contributed by atoms with E-state index in [1.807, 2.05) is 26.8 Å². The van der Waals surface area contributed by atoms with E-state index in [-0.39, 0.29) is 17.4 Å². The average Bonchev–Trinajstić information content (AvgIpc) is 3.18. The van der Waals surface area contributed by atoms with Crippen LogP contribution in [0.2, 0.25) is 0 Å². The Kier molecular flexibility index (Phi) is 6.69. The molecule has 1 unspecified atom stereocenters. The van der Waals surface area contributed by atoms with E-state index in [1.165, 1.54) is 0 Å². The maximum Gasteiger partial charge on any atom is 0.253 e. The fraction of sp³-hybridized carbons (Fsp3) is 0.619. The number of benzene rings is 1. The van der Waals surface area contributed by atoms with Crippen LogP contribution in [0.3, 0.4) is 0 Å². The lowest BCUT2D eigenvalue weighted by molar-refractivity contribution is -0.124. The largest absolute Gasteiger partial charge is 0.379 e. The smallest absolute Gasteiger partial charge is 0.253 e. The molecule has 2 saturated heterocycles. The van der Waals surface area contributed by atoms with E-state index in [9.17, 15) is 9.59 Å². The lowest BCUT2D eigenvalue weighted by Crippen LogP contribution is -2.53. The molecular weight excluding hydrogens is 358 g/mol. The van der Waals surface area contributed by atoms with Crippen LogP contribution in [0.4, 0.5) is 5.69 Å². The van der Waals surface area contributed by atoms with Gasteiger partial charge in [-0.2, -0.15) is 0 Å². The first-order valence-corrected chi connectivity index (χ1v) is 10.00. The van der Waals surface area contributed by atoms with E-state index in [1.54, 1.807) is 12.1 Å². The summed E-state index contributed by atoms with van der Waals surface area (Å²) in [5.74, 6) is -0.295. The Bertz CT molecular complexity index is 708. The summed E-state index contributed by atoms with van der Waals surface area (Å²) >= 11 is 0. The summed E-state index contributed by atoms with van der Waals surface area (Å²) in [6, 6.07) is 5.38. The third kappa shape index (κ3) is 5.53. The fourth-order valence-corrected chi connectivity index (χ4v) is 3.63. The lowest BCUT2D eigenvalue weighted by atomic mass is 10.0. The van der Waals surface area contributed by atoms with Crippen LogP contribution in [-0.2, 0) is 14.3 Å². The van der Waals surface area contributed by atoms with Gasteiger partial charge in [0, 0.05) is 43.0 Å². The molecule has 154 valence electrons. The molecule has 7 nitrogen and oxygen atoms in total. The maximum atomic E-state index is 12.8. The molecule has 0 radical (unpaired) electrons. The average molecular weight is 389 g/mol. The minimum Gasteiger partial charge on any atom is -0.379 e. The summed E-state index contributed by atoms with van der Waals surface area (Å²) in [5, 5.41) is 6.03. The van der Waals surface area contributed by atoms with Gasteiger partial charge in [0.15, 0.2) is 0 Å². The zero-order chi connectivity index (χ0) is 20.1. The van der Waals surface area contributed by atoms with Crippen molar-refractivity contribution >= 4 is 17.5 Å². The highest BCUT2D eigenvalue weighted by molar-refractivity contribution is 5.99. The number of nitrogens with one attached hydrogen (secondary N) is 2. The fourth-order valence-electron chi connectivity index (χ4n) is 3.63. The minimum atomic E-state index is -0.399. The van der Waals surface area contributed by atoms with Gasteiger partial charge >= 0.3 is 0 Å². The standard InChI is InChI=1S/C21H31N3O4/c1-15-6-7-16(13-17(15)22-20(26)18-5-4-10-28-18)19(25)23-21(2,3)14-24-8-11-27-12-9-24/h6-7,13,18H,4-5,8-12,14H2,1-3H3,(H,22,26)(H,23,25). The highest BCUT2D eigenvalue weighted by atomic mass is 16.5. The quantitative estimate of drug-likeness (QED) is 0.777. The second-order valence-corrected chi connectivity index (χ2v) is 8.25. The molecule has 2 fully saturated rings. The van der Waals surface area contributed by atoms with Crippen molar-refractivity contribution in [3.63, 3.8) is 0 Å². The molecule has 2 N–H and O–H groups in total. The first kappa shape index (κ1) is 20.8. The first-order chi connectivity index (χ1) is 13.3. The lowest BCUT2D eigenvalue weighted by Gasteiger charge is -2.35.